The number of rotatable bonds is 3. The first-order chi connectivity index (χ1) is 17.8. The topological polar surface area (TPSA) is 97.8 Å². The van der Waals surface area contributed by atoms with E-state index in [2.05, 4.69) is 26.5 Å². The molecule has 0 aromatic carbocycles. The minimum atomic E-state index is -1.03. The van der Waals surface area contributed by atoms with Gasteiger partial charge >= 0.3 is 5.97 Å². The van der Waals surface area contributed by atoms with E-state index in [0.29, 0.717) is 25.4 Å². The number of epoxide rings is 1. The predicted molar refractivity (Wildman–Crippen MR) is 141 cm³/mol. The molecule has 9 atom stereocenters. The normalized spacial score (nSPS) is 39.6. The maximum atomic E-state index is 12.6. The maximum Gasteiger partial charge on any atom is 0.330 e. The van der Waals surface area contributed by atoms with E-state index in [-0.39, 0.29) is 36.9 Å². The molecule has 4 heterocycles. The van der Waals surface area contributed by atoms with E-state index in [0.717, 1.165) is 31.3 Å². The van der Waals surface area contributed by atoms with Crippen molar-refractivity contribution in [3.8, 4) is 0 Å². The summed E-state index contributed by atoms with van der Waals surface area (Å²) in [4.78, 5) is 12.6. The Labute approximate surface area is 220 Å². The van der Waals surface area contributed by atoms with Gasteiger partial charge in [0.2, 0.25) is 0 Å². The number of aliphatic hydroxyl groups is 2. The van der Waals surface area contributed by atoms with Crippen molar-refractivity contribution in [3.63, 3.8) is 0 Å². The number of carbonyl (C=O) groups is 1. The summed E-state index contributed by atoms with van der Waals surface area (Å²) in [5.41, 5.74) is 2.23. The molecule has 0 aliphatic carbocycles. The van der Waals surface area contributed by atoms with Gasteiger partial charge in [0.25, 0.3) is 0 Å². The number of aliphatic hydroxyl groups excluding tert-OH is 2. The Morgan fingerprint density at radius 2 is 1.97 bits per heavy atom. The van der Waals surface area contributed by atoms with Crippen molar-refractivity contribution in [1.29, 1.82) is 0 Å². The van der Waals surface area contributed by atoms with Gasteiger partial charge < -0.3 is 29.2 Å². The van der Waals surface area contributed by atoms with E-state index in [1.54, 1.807) is 12.2 Å². The number of hydrogen-bond donors (Lipinski definition) is 2. The van der Waals surface area contributed by atoms with E-state index < -0.39 is 24.3 Å². The molecular formula is C30H42O7. The van der Waals surface area contributed by atoms with Gasteiger partial charge in [-0.25, -0.2) is 4.79 Å². The van der Waals surface area contributed by atoms with Gasteiger partial charge in [0, 0.05) is 12.5 Å². The summed E-state index contributed by atoms with van der Waals surface area (Å²) in [5.74, 6) is -0.141. The van der Waals surface area contributed by atoms with E-state index in [9.17, 15) is 15.0 Å². The van der Waals surface area contributed by atoms with E-state index in [4.69, 9.17) is 18.9 Å². The van der Waals surface area contributed by atoms with Crippen molar-refractivity contribution in [1.82, 2.24) is 0 Å². The van der Waals surface area contributed by atoms with Crippen LogP contribution < -0.4 is 0 Å². The van der Waals surface area contributed by atoms with Crippen molar-refractivity contribution >= 4 is 5.97 Å². The highest BCUT2D eigenvalue weighted by atomic mass is 16.6. The second-order valence-corrected chi connectivity index (χ2v) is 11.0. The zero-order valence-electron chi connectivity index (χ0n) is 22.0. The second kappa shape index (κ2) is 13.2. The van der Waals surface area contributed by atoms with Gasteiger partial charge in [-0.1, -0.05) is 61.1 Å². The van der Waals surface area contributed by atoms with Crippen molar-refractivity contribution in [2.75, 3.05) is 6.61 Å². The maximum absolute atomic E-state index is 12.6. The lowest BCUT2D eigenvalue weighted by Gasteiger charge is -2.28. The largest absolute Gasteiger partial charge is 0.456 e. The van der Waals surface area contributed by atoms with Crippen LogP contribution in [0.4, 0.5) is 0 Å². The van der Waals surface area contributed by atoms with Gasteiger partial charge in [-0.05, 0) is 51.4 Å². The van der Waals surface area contributed by atoms with Crippen LogP contribution in [-0.4, -0.2) is 71.6 Å². The van der Waals surface area contributed by atoms with Crippen molar-refractivity contribution in [2.45, 2.75) is 108 Å². The van der Waals surface area contributed by atoms with Crippen LogP contribution in [-0.2, 0) is 23.7 Å². The molecule has 0 amide bonds. The van der Waals surface area contributed by atoms with E-state index >= 15 is 0 Å². The Balaban J connectivity index is 1.44. The summed E-state index contributed by atoms with van der Waals surface area (Å²) in [6, 6.07) is 0. The molecule has 4 aliphatic rings. The van der Waals surface area contributed by atoms with Crippen LogP contribution in [0, 0.1) is 5.92 Å². The standard InChI is InChI=1S/C30H42O7/c1-19-12-13-34-23(15-19)10-11-25(31)27-18-28-30(37-28)26(32)17-21(3)14-20(2)16-24-8-4-6-22(35-24)7-5-9-29(33)36-27/h4-6,9-12,20,22-28,30-32H,3,7-8,13-18H2,1-2H3/b9-5-,11-10+/t20-,22-,23+,24-,25-,26-,27-,28-,30+/m0/s1. The average molecular weight is 515 g/mol. The lowest BCUT2D eigenvalue weighted by atomic mass is 9.91. The van der Waals surface area contributed by atoms with Gasteiger partial charge in [0.15, 0.2) is 0 Å². The first kappa shape index (κ1) is 28.0. The number of esters is 1. The van der Waals surface area contributed by atoms with E-state index in [1.807, 2.05) is 18.2 Å². The molecule has 2 N–H and O–H groups in total. The smallest absolute Gasteiger partial charge is 0.330 e. The van der Waals surface area contributed by atoms with Crippen molar-refractivity contribution < 1.29 is 34.0 Å². The van der Waals surface area contributed by atoms with Crippen LogP contribution in [0.5, 0.6) is 0 Å². The Morgan fingerprint density at radius 1 is 1.14 bits per heavy atom. The highest BCUT2D eigenvalue weighted by molar-refractivity contribution is 5.82. The molecule has 37 heavy (non-hydrogen) atoms. The molecule has 2 bridgehead atoms. The number of fused-ring (bicyclic) bond motifs is 3. The second-order valence-electron chi connectivity index (χ2n) is 11.0. The monoisotopic (exact) mass is 514 g/mol. The lowest BCUT2D eigenvalue weighted by molar-refractivity contribution is -0.148. The quantitative estimate of drug-likeness (QED) is 0.332. The number of hydrogen-bond acceptors (Lipinski definition) is 7. The van der Waals surface area contributed by atoms with Crippen LogP contribution in [0.3, 0.4) is 0 Å². The van der Waals surface area contributed by atoms with Gasteiger partial charge in [0.05, 0.1) is 37.1 Å². The number of ether oxygens (including phenoxy) is 4. The number of cyclic esters (lactones) is 1. The first-order valence-corrected chi connectivity index (χ1v) is 13.6. The molecule has 1 fully saturated rings. The van der Waals surface area contributed by atoms with Crippen LogP contribution in [0.15, 0.2) is 60.3 Å². The molecule has 4 aliphatic heterocycles. The first-order valence-electron chi connectivity index (χ1n) is 13.6. The summed E-state index contributed by atoms with van der Waals surface area (Å²) in [7, 11) is 0. The lowest BCUT2D eigenvalue weighted by Crippen LogP contribution is -2.32. The molecule has 0 aromatic heterocycles. The molecule has 0 spiro atoms. The van der Waals surface area contributed by atoms with Gasteiger partial charge in [-0.3, -0.25) is 0 Å². The van der Waals surface area contributed by atoms with Crippen LogP contribution in [0.1, 0.15) is 58.8 Å². The molecule has 0 unspecified atom stereocenters. The van der Waals surface area contributed by atoms with Crippen molar-refractivity contribution in [3.05, 3.63) is 60.3 Å². The fraction of sp³-hybridized carbons (Fsp3) is 0.633. The molecular weight excluding hydrogens is 472 g/mol. The average Bonchev–Trinajstić information content (AvgIpc) is 3.61. The third-order valence-electron chi connectivity index (χ3n) is 7.44. The Kier molecular flexibility index (Phi) is 9.96. The molecule has 4 rings (SSSR count). The predicted octanol–water partition coefficient (Wildman–Crippen LogP) is 4.11. The summed E-state index contributed by atoms with van der Waals surface area (Å²) in [5, 5.41) is 21.7. The van der Waals surface area contributed by atoms with Gasteiger partial charge in [-0.15, -0.1) is 0 Å². The third-order valence-corrected chi connectivity index (χ3v) is 7.44. The Bertz CT molecular complexity index is 919. The third kappa shape index (κ3) is 8.76. The number of carbonyl (C=O) groups excluding carboxylic acids is 1. The molecule has 7 nitrogen and oxygen atoms in total. The summed E-state index contributed by atoms with van der Waals surface area (Å²) >= 11 is 0. The van der Waals surface area contributed by atoms with Crippen LogP contribution in [0.2, 0.25) is 0 Å². The summed E-state index contributed by atoms with van der Waals surface area (Å²) in [6.07, 6.45) is 14.3. The summed E-state index contributed by atoms with van der Waals surface area (Å²) < 4.78 is 23.4. The summed E-state index contributed by atoms with van der Waals surface area (Å²) in [6.45, 7) is 8.98. The molecule has 0 saturated carbocycles. The van der Waals surface area contributed by atoms with Crippen LogP contribution in [0.25, 0.3) is 0 Å². The zero-order chi connectivity index (χ0) is 26.4. The molecule has 0 radical (unpaired) electrons. The minimum Gasteiger partial charge on any atom is -0.456 e. The highest BCUT2D eigenvalue weighted by Gasteiger charge is 2.46. The fourth-order valence-corrected chi connectivity index (χ4v) is 5.45. The fourth-order valence-electron chi connectivity index (χ4n) is 5.45. The van der Waals surface area contributed by atoms with Crippen LogP contribution >= 0.6 is 0 Å². The Hall–Kier alpha value is -2.03. The molecule has 7 heteroatoms. The SMILES string of the molecule is C=C1C[C@H](C)C[C@@H]2CC=C[C@@H](C/C=C\C(=O)O[C@H]([C@@H](O)/C=C/[C@@H]3CC(C)=CCO3)C[C@@H]3O[C@@H]3[C@@H](O)C1)O2. The molecule has 204 valence electrons. The molecule has 0 aromatic rings. The Morgan fingerprint density at radius 3 is 2.78 bits per heavy atom. The zero-order valence-corrected chi connectivity index (χ0v) is 22.0. The molecule has 1 saturated heterocycles. The van der Waals surface area contributed by atoms with Gasteiger partial charge in [-0.2, -0.15) is 0 Å². The van der Waals surface area contributed by atoms with E-state index in [1.165, 1.54) is 11.6 Å². The highest BCUT2D eigenvalue weighted by Crippen LogP contribution is 2.35. The van der Waals surface area contributed by atoms with Gasteiger partial charge in [0.1, 0.15) is 18.3 Å². The minimum absolute atomic E-state index is 0.0863. The van der Waals surface area contributed by atoms with Crippen molar-refractivity contribution in [2.24, 2.45) is 5.92 Å².